The van der Waals surface area contributed by atoms with E-state index in [1.807, 2.05) is 13.0 Å². The van der Waals surface area contributed by atoms with Gasteiger partial charge in [-0.2, -0.15) is 0 Å². The van der Waals surface area contributed by atoms with E-state index in [1.165, 1.54) is 18.2 Å². The Balaban J connectivity index is 2.34. The predicted octanol–water partition coefficient (Wildman–Crippen LogP) is 3.50. The Labute approximate surface area is 129 Å². The molecule has 2 rings (SSSR count). The number of hydrogen-bond donors (Lipinski definition) is 2. The molecule has 0 atom stereocenters. The zero-order valence-electron chi connectivity index (χ0n) is 11.1. The largest absolute Gasteiger partial charge is 0.399 e. The highest BCUT2D eigenvalue weighted by molar-refractivity contribution is 9.10. The van der Waals surface area contributed by atoms with Crippen molar-refractivity contribution in [3.63, 3.8) is 0 Å². The molecule has 21 heavy (non-hydrogen) atoms. The van der Waals surface area contributed by atoms with E-state index in [-0.39, 0.29) is 16.9 Å². The van der Waals surface area contributed by atoms with E-state index in [0.29, 0.717) is 5.69 Å². The van der Waals surface area contributed by atoms with Crippen molar-refractivity contribution in [1.29, 1.82) is 0 Å². The Morgan fingerprint density at radius 2 is 2.00 bits per heavy atom. The monoisotopic (exact) mass is 349 g/mol. The van der Waals surface area contributed by atoms with Crippen LogP contribution in [0.5, 0.6) is 0 Å². The summed E-state index contributed by atoms with van der Waals surface area (Å²) in [6.45, 7) is 1.92. The van der Waals surface area contributed by atoms with Crippen molar-refractivity contribution in [3.05, 3.63) is 62.1 Å². The lowest BCUT2D eigenvalue weighted by atomic mass is 10.1. The van der Waals surface area contributed by atoms with Gasteiger partial charge in [-0.05, 0) is 36.8 Å². The number of nitrogens with zero attached hydrogens (tertiary/aromatic N) is 1. The van der Waals surface area contributed by atoms with E-state index in [1.54, 1.807) is 12.1 Å². The molecule has 6 nitrogen and oxygen atoms in total. The first kappa shape index (κ1) is 15.0. The van der Waals surface area contributed by atoms with Crippen molar-refractivity contribution in [2.24, 2.45) is 0 Å². The SMILES string of the molecule is Cc1ccc(NC(=O)c2cc(N)ccc2[N+](=O)[O-])cc1Br. The zero-order chi connectivity index (χ0) is 15.6. The molecule has 2 aromatic rings. The average Bonchev–Trinajstić information content (AvgIpc) is 2.42. The molecule has 0 aliphatic rings. The topological polar surface area (TPSA) is 98.3 Å². The summed E-state index contributed by atoms with van der Waals surface area (Å²) in [5.74, 6) is -0.579. The van der Waals surface area contributed by atoms with Gasteiger partial charge in [-0.1, -0.05) is 22.0 Å². The van der Waals surface area contributed by atoms with Crippen molar-refractivity contribution in [2.75, 3.05) is 11.1 Å². The van der Waals surface area contributed by atoms with E-state index in [2.05, 4.69) is 21.2 Å². The molecule has 108 valence electrons. The Morgan fingerprint density at radius 1 is 1.29 bits per heavy atom. The van der Waals surface area contributed by atoms with Crippen LogP contribution in [0, 0.1) is 17.0 Å². The van der Waals surface area contributed by atoms with E-state index in [4.69, 9.17) is 5.73 Å². The number of nitrogens with one attached hydrogen (secondary N) is 1. The smallest absolute Gasteiger partial charge is 0.282 e. The van der Waals surface area contributed by atoms with Gasteiger partial charge >= 0.3 is 0 Å². The fourth-order valence-electron chi connectivity index (χ4n) is 1.76. The molecule has 0 spiro atoms. The van der Waals surface area contributed by atoms with Gasteiger partial charge in [-0.25, -0.2) is 0 Å². The normalized spacial score (nSPS) is 10.2. The van der Waals surface area contributed by atoms with Crippen LogP contribution in [0.15, 0.2) is 40.9 Å². The zero-order valence-corrected chi connectivity index (χ0v) is 12.7. The van der Waals surface area contributed by atoms with Gasteiger partial charge in [0.2, 0.25) is 0 Å². The molecule has 0 radical (unpaired) electrons. The lowest BCUT2D eigenvalue weighted by Crippen LogP contribution is -2.14. The molecule has 2 aromatic carbocycles. The molecule has 0 unspecified atom stereocenters. The van der Waals surface area contributed by atoms with Crippen LogP contribution in [0.1, 0.15) is 15.9 Å². The molecular formula is C14H12BrN3O3. The van der Waals surface area contributed by atoms with Gasteiger partial charge in [-0.15, -0.1) is 0 Å². The maximum atomic E-state index is 12.2. The number of nitrogen functional groups attached to an aromatic ring is 1. The van der Waals surface area contributed by atoms with Gasteiger partial charge in [0, 0.05) is 21.9 Å². The molecule has 0 saturated carbocycles. The third-order valence-electron chi connectivity index (χ3n) is 2.89. The summed E-state index contributed by atoms with van der Waals surface area (Å²) >= 11 is 3.36. The molecule has 0 saturated heterocycles. The van der Waals surface area contributed by atoms with Crippen molar-refractivity contribution in [3.8, 4) is 0 Å². The molecule has 0 aliphatic heterocycles. The van der Waals surface area contributed by atoms with E-state index in [0.717, 1.165) is 10.0 Å². The van der Waals surface area contributed by atoms with Crippen molar-refractivity contribution in [1.82, 2.24) is 0 Å². The molecule has 0 aliphatic carbocycles. The second kappa shape index (κ2) is 5.92. The summed E-state index contributed by atoms with van der Waals surface area (Å²) < 4.78 is 0.836. The number of rotatable bonds is 3. The average molecular weight is 350 g/mol. The second-order valence-corrected chi connectivity index (χ2v) is 5.31. The lowest BCUT2D eigenvalue weighted by molar-refractivity contribution is -0.385. The number of amides is 1. The van der Waals surface area contributed by atoms with Gasteiger partial charge in [0.15, 0.2) is 0 Å². The van der Waals surface area contributed by atoms with Crippen LogP contribution in [0.25, 0.3) is 0 Å². The summed E-state index contributed by atoms with van der Waals surface area (Å²) in [7, 11) is 0. The van der Waals surface area contributed by atoms with Crippen molar-refractivity contribution in [2.45, 2.75) is 6.92 Å². The van der Waals surface area contributed by atoms with Gasteiger partial charge in [0.25, 0.3) is 11.6 Å². The third-order valence-corrected chi connectivity index (χ3v) is 3.75. The first-order valence-corrected chi connectivity index (χ1v) is 6.79. The number of hydrogen-bond acceptors (Lipinski definition) is 4. The molecule has 0 fully saturated rings. The number of nitro groups is 1. The minimum atomic E-state index is -0.612. The van der Waals surface area contributed by atoms with Crippen LogP contribution in [-0.2, 0) is 0 Å². The van der Waals surface area contributed by atoms with Crippen LogP contribution in [0.4, 0.5) is 17.1 Å². The van der Waals surface area contributed by atoms with Gasteiger partial charge in [0.05, 0.1) is 4.92 Å². The van der Waals surface area contributed by atoms with Gasteiger partial charge < -0.3 is 11.1 Å². The van der Waals surface area contributed by atoms with Crippen LogP contribution in [-0.4, -0.2) is 10.8 Å². The second-order valence-electron chi connectivity index (χ2n) is 4.45. The lowest BCUT2D eigenvalue weighted by Gasteiger charge is -2.08. The maximum Gasteiger partial charge on any atom is 0.282 e. The van der Waals surface area contributed by atoms with Crippen LogP contribution < -0.4 is 11.1 Å². The molecule has 0 bridgehead atoms. The summed E-state index contributed by atoms with van der Waals surface area (Å²) in [6, 6.07) is 9.17. The number of halogens is 1. The molecule has 7 heteroatoms. The van der Waals surface area contributed by atoms with E-state index < -0.39 is 10.8 Å². The quantitative estimate of drug-likeness (QED) is 0.503. The molecule has 0 heterocycles. The Bertz CT molecular complexity index is 731. The fourth-order valence-corrected chi connectivity index (χ4v) is 2.14. The number of nitrogens with two attached hydrogens (primary N) is 1. The van der Waals surface area contributed by atoms with Crippen LogP contribution in [0.2, 0.25) is 0 Å². The predicted molar refractivity (Wildman–Crippen MR) is 84.3 cm³/mol. The summed E-state index contributed by atoms with van der Waals surface area (Å²) in [4.78, 5) is 22.6. The standard InChI is InChI=1S/C14H12BrN3O3/c1-8-2-4-10(7-12(8)15)17-14(19)11-6-9(16)3-5-13(11)18(20)21/h2-7H,16H2,1H3,(H,17,19). The Hall–Kier alpha value is -2.41. The molecule has 0 aromatic heterocycles. The van der Waals surface area contributed by atoms with Crippen molar-refractivity contribution >= 4 is 38.9 Å². The molecule has 1 amide bonds. The van der Waals surface area contributed by atoms with E-state index >= 15 is 0 Å². The fraction of sp³-hybridized carbons (Fsp3) is 0.0714. The minimum absolute atomic E-state index is 0.0725. The highest BCUT2D eigenvalue weighted by Gasteiger charge is 2.20. The first-order chi connectivity index (χ1) is 9.88. The summed E-state index contributed by atoms with van der Waals surface area (Å²) in [6.07, 6.45) is 0. The maximum absolute atomic E-state index is 12.2. The van der Waals surface area contributed by atoms with Crippen molar-refractivity contribution < 1.29 is 9.72 Å². The van der Waals surface area contributed by atoms with Crippen LogP contribution in [0.3, 0.4) is 0 Å². The summed E-state index contributed by atoms with van der Waals surface area (Å²) in [5.41, 5.74) is 7.08. The Morgan fingerprint density at radius 3 is 2.62 bits per heavy atom. The number of carbonyl (C=O) groups is 1. The minimum Gasteiger partial charge on any atom is -0.399 e. The number of anilines is 2. The number of nitro benzene ring substituents is 1. The van der Waals surface area contributed by atoms with Crippen LogP contribution >= 0.6 is 15.9 Å². The van der Waals surface area contributed by atoms with E-state index in [9.17, 15) is 14.9 Å². The number of aryl methyl sites for hydroxylation is 1. The summed E-state index contributed by atoms with van der Waals surface area (Å²) in [5, 5.41) is 13.6. The molecule has 3 N–H and O–H groups in total. The molecular weight excluding hydrogens is 338 g/mol. The first-order valence-electron chi connectivity index (χ1n) is 6.00. The van der Waals surface area contributed by atoms with Gasteiger partial charge in [0.1, 0.15) is 5.56 Å². The highest BCUT2D eigenvalue weighted by atomic mass is 79.9. The number of benzene rings is 2. The number of carbonyl (C=O) groups excluding carboxylic acids is 1. The highest BCUT2D eigenvalue weighted by Crippen LogP contribution is 2.24. The Kier molecular flexibility index (Phi) is 4.23. The third kappa shape index (κ3) is 3.38. The van der Waals surface area contributed by atoms with Gasteiger partial charge in [-0.3, -0.25) is 14.9 Å².